The summed E-state index contributed by atoms with van der Waals surface area (Å²) >= 11 is 0. The SMILES string of the molecule is CC(C)CN(C(=O)c1cnc(C(C)(C)C)nc1NCc1ccco1)C1C[C@@H](CN2CCOCC2)CN(C(=O)OC(C)(C)C)C1. The average Bonchev–Trinajstić information content (AvgIpc) is 3.47. The summed E-state index contributed by atoms with van der Waals surface area (Å²) in [5.41, 5.74) is -0.508. The van der Waals surface area contributed by atoms with E-state index in [0.717, 1.165) is 31.8 Å². The van der Waals surface area contributed by atoms with Crippen molar-refractivity contribution in [2.75, 3.05) is 57.8 Å². The van der Waals surface area contributed by atoms with Crippen molar-refractivity contribution in [2.24, 2.45) is 11.8 Å². The molecule has 2 atom stereocenters. The van der Waals surface area contributed by atoms with Crippen molar-refractivity contribution in [1.29, 1.82) is 0 Å². The Bertz CT molecular complexity index is 1230. The molecule has 11 heteroatoms. The van der Waals surface area contributed by atoms with E-state index in [1.54, 1.807) is 17.4 Å². The number of ether oxygens (including phenoxy) is 2. The quantitative estimate of drug-likeness (QED) is 0.416. The van der Waals surface area contributed by atoms with E-state index >= 15 is 0 Å². The first-order chi connectivity index (χ1) is 20.7. The molecule has 1 N–H and O–H groups in total. The summed E-state index contributed by atoms with van der Waals surface area (Å²) < 4.78 is 16.9. The highest BCUT2D eigenvalue weighted by Crippen LogP contribution is 2.29. The first kappa shape index (κ1) is 33.7. The summed E-state index contributed by atoms with van der Waals surface area (Å²) in [5, 5.41) is 3.34. The standard InChI is InChI=1S/C33H52N6O5/c1-23(2)19-39(29(40)27-18-35-30(32(3,4)5)36-28(27)34-17-26-10-9-13-43-26)25-16-24(20-37-11-14-42-15-12-37)21-38(22-25)31(41)44-33(6,7)8/h9-10,13,18,23-25H,11-12,14-17,19-22H2,1-8H3,(H,34,35,36)/t24-,25?/m0/s1. The van der Waals surface area contributed by atoms with E-state index in [-0.39, 0.29) is 35.3 Å². The number of hydrogen-bond acceptors (Lipinski definition) is 9. The number of hydrogen-bond donors (Lipinski definition) is 1. The molecule has 44 heavy (non-hydrogen) atoms. The predicted octanol–water partition coefficient (Wildman–Crippen LogP) is 5.04. The largest absolute Gasteiger partial charge is 0.467 e. The zero-order valence-corrected chi connectivity index (χ0v) is 27.9. The highest BCUT2D eigenvalue weighted by atomic mass is 16.6. The van der Waals surface area contributed by atoms with Gasteiger partial charge in [0, 0.05) is 50.9 Å². The van der Waals surface area contributed by atoms with E-state index in [9.17, 15) is 9.59 Å². The lowest BCUT2D eigenvalue weighted by Gasteiger charge is -2.44. The zero-order chi connectivity index (χ0) is 32.1. The third kappa shape index (κ3) is 9.41. The Morgan fingerprint density at radius 3 is 2.48 bits per heavy atom. The lowest BCUT2D eigenvalue weighted by atomic mass is 9.91. The molecule has 0 aliphatic carbocycles. The maximum Gasteiger partial charge on any atom is 0.410 e. The van der Waals surface area contributed by atoms with Crippen molar-refractivity contribution in [3.05, 3.63) is 41.7 Å². The number of piperidine rings is 1. The van der Waals surface area contributed by atoms with Gasteiger partial charge in [-0.05, 0) is 51.2 Å². The molecule has 0 aromatic carbocycles. The molecule has 2 fully saturated rings. The van der Waals surface area contributed by atoms with Gasteiger partial charge >= 0.3 is 6.09 Å². The average molecular weight is 613 g/mol. The van der Waals surface area contributed by atoms with Gasteiger partial charge in [-0.25, -0.2) is 14.8 Å². The Labute approximate surface area is 262 Å². The zero-order valence-electron chi connectivity index (χ0n) is 27.9. The van der Waals surface area contributed by atoms with Crippen LogP contribution in [0.2, 0.25) is 0 Å². The van der Waals surface area contributed by atoms with Crippen LogP contribution in [0.4, 0.5) is 10.6 Å². The van der Waals surface area contributed by atoms with Crippen LogP contribution < -0.4 is 5.32 Å². The van der Waals surface area contributed by atoms with Gasteiger partial charge in [-0.15, -0.1) is 0 Å². The highest BCUT2D eigenvalue weighted by molar-refractivity contribution is 5.98. The minimum absolute atomic E-state index is 0.151. The molecule has 11 nitrogen and oxygen atoms in total. The van der Waals surface area contributed by atoms with Crippen LogP contribution in [0.15, 0.2) is 29.0 Å². The van der Waals surface area contributed by atoms with Crippen LogP contribution >= 0.6 is 0 Å². The maximum atomic E-state index is 14.5. The lowest BCUT2D eigenvalue weighted by Crippen LogP contribution is -2.57. The third-order valence-electron chi connectivity index (χ3n) is 7.75. The monoisotopic (exact) mass is 612 g/mol. The number of rotatable bonds is 9. The lowest BCUT2D eigenvalue weighted by molar-refractivity contribution is -0.0104. The second-order valence-electron chi connectivity index (χ2n) is 14.5. The number of nitrogens with zero attached hydrogens (tertiary/aromatic N) is 5. The molecule has 1 unspecified atom stereocenters. The number of likely N-dealkylation sites (tertiary alicyclic amines) is 1. The van der Waals surface area contributed by atoms with E-state index in [2.05, 4.69) is 29.0 Å². The Balaban J connectivity index is 1.65. The van der Waals surface area contributed by atoms with Gasteiger partial charge in [-0.3, -0.25) is 9.69 Å². The molecule has 2 saturated heterocycles. The molecule has 0 bridgehead atoms. The molecule has 0 radical (unpaired) electrons. The van der Waals surface area contributed by atoms with Gasteiger partial charge in [-0.2, -0.15) is 0 Å². The summed E-state index contributed by atoms with van der Waals surface area (Å²) in [6, 6.07) is 3.52. The molecule has 4 rings (SSSR count). The molecule has 0 spiro atoms. The Hall–Kier alpha value is -3.18. The smallest absolute Gasteiger partial charge is 0.410 e. The second kappa shape index (κ2) is 14.3. The van der Waals surface area contributed by atoms with Gasteiger partial charge in [0.15, 0.2) is 0 Å². The van der Waals surface area contributed by atoms with Gasteiger partial charge < -0.3 is 29.0 Å². The molecule has 244 valence electrons. The van der Waals surface area contributed by atoms with Crippen LogP contribution in [0.25, 0.3) is 0 Å². The van der Waals surface area contributed by atoms with E-state index in [0.29, 0.717) is 56.6 Å². The van der Waals surface area contributed by atoms with Gasteiger partial charge in [-0.1, -0.05) is 34.6 Å². The minimum atomic E-state index is -0.613. The number of aromatic nitrogens is 2. The second-order valence-corrected chi connectivity index (χ2v) is 14.5. The molecular weight excluding hydrogens is 560 g/mol. The van der Waals surface area contributed by atoms with Crippen molar-refractivity contribution in [3.63, 3.8) is 0 Å². The fourth-order valence-electron chi connectivity index (χ4n) is 5.72. The Morgan fingerprint density at radius 2 is 1.86 bits per heavy atom. The van der Waals surface area contributed by atoms with E-state index in [1.807, 2.05) is 58.6 Å². The van der Waals surface area contributed by atoms with Gasteiger partial charge in [0.05, 0.1) is 32.1 Å². The molecule has 2 amide bonds. The number of carbonyl (C=O) groups is 2. The van der Waals surface area contributed by atoms with Crippen molar-refractivity contribution >= 4 is 17.8 Å². The van der Waals surface area contributed by atoms with Crippen LogP contribution in [-0.4, -0.2) is 101 Å². The molecule has 2 aromatic rings. The van der Waals surface area contributed by atoms with Gasteiger partial charge in [0.1, 0.15) is 28.6 Å². The third-order valence-corrected chi connectivity index (χ3v) is 7.75. The fourth-order valence-corrected chi connectivity index (χ4v) is 5.72. The number of furan rings is 1. The number of morpholine rings is 1. The molecule has 0 saturated carbocycles. The van der Waals surface area contributed by atoms with E-state index in [1.165, 1.54) is 0 Å². The van der Waals surface area contributed by atoms with Crippen LogP contribution in [0.1, 0.15) is 83.8 Å². The topological polar surface area (TPSA) is 113 Å². The van der Waals surface area contributed by atoms with Crippen molar-refractivity contribution in [3.8, 4) is 0 Å². The summed E-state index contributed by atoms with van der Waals surface area (Å²) in [5.74, 6) is 2.10. The molecule has 4 heterocycles. The first-order valence-corrected chi connectivity index (χ1v) is 15.9. The minimum Gasteiger partial charge on any atom is -0.467 e. The molecule has 2 aliphatic heterocycles. The number of carbonyl (C=O) groups excluding carboxylic acids is 2. The predicted molar refractivity (Wildman–Crippen MR) is 170 cm³/mol. The van der Waals surface area contributed by atoms with Crippen LogP contribution in [0.5, 0.6) is 0 Å². The maximum absolute atomic E-state index is 14.5. The van der Waals surface area contributed by atoms with E-state index < -0.39 is 5.60 Å². The molecular formula is C33H52N6O5. The Morgan fingerprint density at radius 1 is 1.14 bits per heavy atom. The number of anilines is 1. The van der Waals surface area contributed by atoms with Gasteiger partial charge in [0.2, 0.25) is 0 Å². The molecule has 2 aromatic heterocycles. The highest BCUT2D eigenvalue weighted by Gasteiger charge is 2.39. The molecule has 2 aliphatic rings. The normalized spacial score (nSPS) is 20.1. The summed E-state index contributed by atoms with van der Waals surface area (Å²) in [4.78, 5) is 43.5. The van der Waals surface area contributed by atoms with Crippen molar-refractivity contribution < 1.29 is 23.5 Å². The fraction of sp³-hybridized carbons (Fsp3) is 0.697. The number of amides is 2. The van der Waals surface area contributed by atoms with Gasteiger partial charge in [0.25, 0.3) is 5.91 Å². The summed E-state index contributed by atoms with van der Waals surface area (Å²) in [6.45, 7) is 21.9. The van der Waals surface area contributed by atoms with Crippen LogP contribution in [0.3, 0.4) is 0 Å². The summed E-state index contributed by atoms with van der Waals surface area (Å²) in [6.07, 6.45) is 3.71. The Kier molecular flexibility index (Phi) is 10.9. The summed E-state index contributed by atoms with van der Waals surface area (Å²) in [7, 11) is 0. The first-order valence-electron chi connectivity index (χ1n) is 15.9. The van der Waals surface area contributed by atoms with Crippen LogP contribution in [0, 0.1) is 11.8 Å². The number of nitrogens with one attached hydrogen (secondary N) is 1. The van der Waals surface area contributed by atoms with Crippen molar-refractivity contribution in [1.82, 2.24) is 24.7 Å². The van der Waals surface area contributed by atoms with Crippen LogP contribution in [-0.2, 0) is 21.4 Å². The van der Waals surface area contributed by atoms with E-state index in [4.69, 9.17) is 18.9 Å². The van der Waals surface area contributed by atoms with Crippen molar-refractivity contribution in [2.45, 2.75) is 85.4 Å².